The van der Waals surface area contributed by atoms with Crippen LogP contribution in [0.4, 0.5) is 4.39 Å². The van der Waals surface area contributed by atoms with Gasteiger partial charge in [0.25, 0.3) is 0 Å². The number of sulfonamides is 1. The van der Waals surface area contributed by atoms with E-state index in [9.17, 15) is 17.6 Å². The van der Waals surface area contributed by atoms with Crippen molar-refractivity contribution in [3.63, 3.8) is 0 Å². The fourth-order valence-corrected chi connectivity index (χ4v) is 3.21. The normalized spacial score (nSPS) is 13.4. The fraction of sp³-hybridized carbons (Fsp3) is 0.500. The van der Waals surface area contributed by atoms with Crippen LogP contribution >= 0.6 is 0 Å². The zero-order valence-corrected chi connectivity index (χ0v) is 13.1. The van der Waals surface area contributed by atoms with E-state index in [4.69, 9.17) is 5.11 Å². The number of halogens is 1. The topological polar surface area (TPSA) is 83.5 Å². The Bertz CT molecular complexity index is 613. The lowest BCUT2D eigenvalue weighted by atomic mass is 10.1. The summed E-state index contributed by atoms with van der Waals surface area (Å²) >= 11 is 0. The molecule has 2 N–H and O–H groups in total. The number of nitrogens with one attached hydrogen (secondary N) is 1. The van der Waals surface area contributed by atoms with Crippen LogP contribution in [-0.2, 0) is 20.6 Å². The standard InChI is InChI=1S/C14H20FNO4S/c1-9(2)6-13(14(17)18)16-21(19,20)8-11-5-4-10(3)12(15)7-11/h4-5,7,9,13,16H,6,8H2,1-3H3,(H,17,18). The van der Waals surface area contributed by atoms with E-state index in [1.54, 1.807) is 20.8 Å². The summed E-state index contributed by atoms with van der Waals surface area (Å²) in [5.74, 6) is -2.13. The van der Waals surface area contributed by atoms with Gasteiger partial charge in [-0.1, -0.05) is 26.0 Å². The van der Waals surface area contributed by atoms with Crippen molar-refractivity contribution < 1.29 is 22.7 Å². The van der Waals surface area contributed by atoms with Crippen LogP contribution in [0.5, 0.6) is 0 Å². The molecule has 1 rings (SSSR count). The van der Waals surface area contributed by atoms with E-state index in [1.807, 2.05) is 0 Å². The SMILES string of the molecule is Cc1ccc(CS(=O)(=O)NC(CC(C)C)C(=O)O)cc1F. The van der Waals surface area contributed by atoms with Gasteiger partial charge in [-0.15, -0.1) is 0 Å². The van der Waals surface area contributed by atoms with Crippen molar-refractivity contribution in [1.29, 1.82) is 0 Å². The summed E-state index contributed by atoms with van der Waals surface area (Å²) in [6.45, 7) is 5.19. The first-order valence-corrected chi connectivity index (χ1v) is 8.24. The van der Waals surface area contributed by atoms with Crippen molar-refractivity contribution in [2.45, 2.75) is 39.0 Å². The lowest BCUT2D eigenvalue weighted by molar-refractivity contribution is -0.139. The van der Waals surface area contributed by atoms with E-state index >= 15 is 0 Å². The van der Waals surface area contributed by atoms with E-state index in [0.29, 0.717) is 5.56 Å². The zero-order valence-electron chi connectivity index (χ0n) is 12.3. The summed E-state index contributed by atoms with van der Waals surface area (Å²) in [6.07, 6.45) is 0.191. The molecule has 0 aliphatic rings. The third kappa shape index (κ3) is 5.81. The number of benzene rings is 1. The molecule has 1 aromatic rings. The van der Waals surface area contributed by atoms with E-state index < -0.39 is 33.6 Å². The van der Waals surface area contributed by atoms with Gasteiger partial charge in [-0.05, 0) is 36.5 Å². The molecular weight excluding hydrogens is 297 g/mol. The summed E-state index contributed by atoms with van der Waals surface area (Å²) in [5, 5.41) is 9.05. The number of rotatable bonds is 7. The first-order chi connectivity index (χ1) is 9.60. The Morgan fingerprint density at radius 3 is 2.48 bits per heavy atom. The minimum atomic E-state index is -3.85. The van der Waals surface area contributed by atoms with Gasteiger partial charge in [-0.3, -0.25) is 4.79 Å². The number of carbonyl (C=O) groups is 1. The van der Waals surface area contributed by atoms with Crippen LogP contribution in [0, 0.1) is 18.7 Å². The maximum absolute atomic E-state index is 13.4. The molecule has 0 bridgehead atoms. The number of aryl methyl sites for hydroxylation is 1. The van der Waals surface area contributed by atoms with E-state index in [1.165, 1.54) is 12.1 Å². The Morgan fingerprint density at radius 1 is 1.38 bits per heavy atom. The van der Waals surface area contributed by atoms with Crippen LogP contribution in [0.15, 0.2) is 18.2 Å². The highest BCUT2D eigenvalue weighted by atomic mass is 32.2. The van der Waals surface area contributed by atoms with Gasteiger partial charge in [0, 0.05) is 0 Å². The number of carboxylic acids is 1. The van der Waals surface area contributed by atoms with Crippen LogP contribution in [-0.4, -0.2) is 25.5 Å². The Balaban J connectivity index is 2.84. The van der Waals surface area contributed by atoms with Crippen molar-refractivity contribution >= 4 is 16.0 Å². The molecule has 0 fully saturated rings. The molecule has 0 radical (unpaired) electrons. The maximum atomic E-state index is 13.4. The predicted octanol–water partition coefficient (Wildman–Crippen LogP) is 2.05. The minimum absolute atomic E-state index is 0.0330. The predicted molar refractivity (Wildman–Crippen MR) is 77.8 cm³/mol. The van der Waals surface area contributed by atoms with Gasteiger partial charge in [0.15, 0.2) is 0 Å². The second-order valence-electron chi connectivity index (χ2n) is 5.48. The van der Waals surface area contributed by atoms with Gasteiger partial charge in [0.05, 0.1) is 5.75 Å². The quantitative estimate of drug-likeness (QED) is 0.806. The average Bonchev–Trinajstić information content (AvgIpc) is 2.31. The molecule has 1 aromatic carbocycles. The first kappa shape index (κ1) is 17.6. The lowest BCUT2D eigenvalue weighted by Gasteiger charge is -2.16. The van der Waals surface area contributed by atoms with Gasteiger partial charge in [0.2, 0.25) is 10.0 Å². The van der Waals surface area contributed by atoms with E-state index in [2.05, 4.69) is 4.72 Å². The molecule has 0 saturated carbocycles. The van der Waals surface area contributed by atoms with Crippen molar-refractivity contribution in [3.05, 3.63) is 35.1 Å². The lowest BCUT2D eigenvalue weighted by Crippen LogP contribution is -2.42. The molecule has 0 saturated heterocycles. The second kappa shape index (κ2) is 7.00. The van der Waals surface area contributed by atoms with Gasteiger partial charge >= 0.3 is 5.97 Å². The molecular formula is C14H20FNO4S. The highest BCUT2D eigenvalue weighted by molar-refractivity contribution is 7.88. The molecule has 21 heavy (non-hydrogen) atoms. The van der Waals surface area contributed by atoms with E-state index in [0.717, 1.165) is 6.07 Å². The van der Waals surface area contributed by atoms with Crippen molar-refractivity contribution in [1.82, 2.24) is 4.72 Å². The molecule has 0 spiro atoms. The molecule has 118 valence electrons. The molecule has 1 unspecified atom stereocenters. The third-order valence-corrected chi connectivity index (χ3v) is 4.28. The molecule has 0 aliphatic carbocycles. The minimum Gasteiger partial charge on any atom is -0.480 e. The molecule has 0 aliphatic heterocycles. The Kier molecular flexibility index (Phi) is 5.86. The smallest absolute Gasteiger partial charge is 0.321 e. The molecule has 0 heterocycles. The molecule has 1 atom stereocenters. The fourth-order valence-electron chi connectivity index (χ4n) is 1.87. The number of aliphatic carboxylic acids is 1. The monoisotopic (exact) mass is 317 g/mol. The summed E-state index contributed by atoms with van der Waals surface area (Å²) in [4.78, 5) is 11.1. The van der Waals surface area contributed by atoms with Crippen LogP contribution < -0.4 is 4.72 Å². The summed E-state index contributed by atoms with van der Waals surface area (Å²) < 4.78 is 39.6. The Hall–Kier alpha value is -1.47. The average molecular weight is 317 g/mol. The van der Waals surface area contributed by atoms with Crippen LogP contribution in [0.1, 0.15) is 31.4 Å². The highest BCUT2D eigenvalue weighted by Gasteiger charge is 2.25. The maximum Gasteiger partial charge on any atom is 0.321 e. The Labute approximate surface area is 124 Å². The van der Waals surface area contributed by atoms with Gasteiger partial charge in [-0.25, -0.2) is 17.5 Å². The number of hydrogen-bond acceptors (Lipinski definition) is 3. The summed E-state index contributed by atoms with van der Waals surface area (Å²) in [5.41, 5.74) is 0.701. The van der Waals surface area contributed by atoms with Gasteiger partial charge in [-0.2, -0.15) is 0 Å². The van der Waals surface area contributed by atoms with Crippen LogP contribution in [0.2, 0.25) is 0 Å². The van der Waals surface area contributed by atoms with Crippen molar-refractivity contribution in [3.8, 4) is 0 Å². The van der Waals surface area contributed by atoms with E-state index in [-0.39, 0.29) is 17.9 Å². The first-order valence-electron chi connectivity index (χ1n) is 6.58. The second-order valence-corrected chi connectivity index (χ2v) is 7.23. The molecule has 7 heteroatoms. The molecule has 0 aromatic heterocycles. The number of carboxylic acid groups (broad SMARTS) is 1. The zero-order chi connectivity index (χ0) is 16.2. The highest BCUT2D eigenvalue weighted by Crippen LogP contribution is 2.13. The largest absolute Gasteiger partial charge is 0.480 e. The molecule has 0 amide bonds. The van der Waals surface area contributed by atoms with Crippen molar-refractivity contribution in [2.75, 3.05) is 0 Å². The van der Waals surface area contributed by atoms with Crippen LogP contribution in [0.25, 0.3) is 0 Å². The van der Waals surface area contributed by atoms with Gasteiger partial charge in [0.1, 0.15) is 11.9 Å². The van der Waals surface area contributed by atoms with Crippen LogP contribution in [0.3, 0.4) is 0 Å². The summed E-state index contributed by atoms with van der Waals surface area (Å²) in [6, 6.07) is 2.97. The third-order valence-electron chi connectivity index (χ3n) is 2.92. The van der Waals surface area contributed by atoms with Gasteiger partial charge < -0.3 is 5.11 Å². The summed E-state index contributed by atoms with van der Waals surface area (Å²) in [7, 11) is -3.85. The molecule has 5 nitrogen and oxygen atoms in total. The Morgan fingerprint density at radius 2 is 2.00 bits per heavy atom. The number of hydrogen-bond donors (Lipinski definition) is 2. The van der Waals surface area contributed by atoms with Crippen molar-refractivity contribution in [2.24, 2.45) is 5.92 Å².